The number of nitrogens with one attached hydrogen (secondary N) is 1. The quantitative estimate of drug-likeness (QED) is 0.487. The van der Waals surface area contributed by atoms with Crippen LogP contribution in [-0.2, 0) is 4.79 Å². The fourth-order valence-corrected chi connectivity index (χ4v) is 1.60. The third-order valence-corrected chi connectivity index (χ3v) is 3.07. The zero-order valence-electron chi connectivity index (χ0n) is 6.07. The lowest BCUT2D eigenvalue weighted by molar-refractivity contribution is -0.105. The normalized spacial score (nSPS) is 9.85. The zero-order valence-corrected chi connectivity index (χ0v) is 9.10. The van der Waals surface area contributed by atoms with Gasteiger partial charge in [0.05, 0.1) is 25.8 Å². The monoisotopic (exact) mass is 257 g/mol. The number of halogens is 4. The molecule has 0 aliphatic carbocycles. The Morgan fingerprint density at radius 2 is 1.69 bits per heavy atom. The molecule has 1 aromatic carbocycles. The zero-order chi connectivity index (χ0) is 10.0. The highest BCUT2D eigenvalue weighted by molar-refractivity contribution is 6.52. The van der Waals surface area contributed by atoms with E-state index in [0.29, 0.717) is 12.1 Å². The number of carbonyl (C=O) groups is 1. The van der Waals surface area contributed by atoms with Gasteiger partial charge in [0, 0.05) is 0 Å². The first-order chi connectivity index (χ1) is 6.07. The molecule has 1 aromatic rings. The van der Waals surface area contributed by atoms with Gasteiger partial charge >= 0.3 is 0 Å². The number of hydrogen-bond donors (Lipinski definition) is 1. The summed E-state index contributed by atoms with van der Waals surface area (Å²) in [5.74, 6) is 0. The van der Waals surface area contributed by atoms with Crippen LogP contribution in [0.25, 0.3) is 0 Å². The summed E-state index contributed by atoms with van der Waals surface area (Å²) in [7, 11) is 0. The maximum Gasteiger partial charge on any atom is 0.211 e. The molecule has 0 radical (unpaired) electrons. The Hall–Kier alpha value is -0.150. The summed E-state index contributed by atoms with van der Waals surface area (Å²) in [6, 6.07) is 1.42. The van der Waals surface area contributed by atoms with Crippen molar-refractivity contribution in [2.45, 2.75) is 0 Å². The van der Waals surface area contributed by atoms with E-state index in [9.17, 15) is 4.79 Å². The maximum absolute atomic E-state index is 10.1. The molecule has 0 atom stereocenters. The van der Waals surface area contributed by atoms with Crippen LogP contribution in [0.2, 0.25) is 20.1 Å². The van der Waals surface area contributed by atoms with E-state index in [1.54, 1.807) is 0 Å². The highest BCUT2D eigenvalue weighted by Crippen LogP contribution is 2.40. The Labute approximate surface area is 94.7 Å². The first-order valence-electron chi connectivity index (χ1n) is 3.11. The number of benzene rings is 1. The van der Waals surface area contributed by atoms with Crippen LogP contribution < -0.4 is 5.32 Å². The Kier molecular flexibility index (Phi) is 3.68. The van der Waals surface area contributed by atoms with Gasteiger partial charge in [-0.15, -0.1) is 0 Å². The van der Waals surface area contributed by atoms with Crippen molar-refractivity contribution in [1.29, 1.82) is 0 Å². The minimum Gasteiger partial charge on any atom is -0.327 e. The van der Waals surface area contributed by atoms with Crippen molar-refractivity contribution >= 4 is 58.5 Å². The van der Waals surface area contributed by atoms with E-state index in [4.69, 9.17) is 46.4 Å². The van der Waals surface area contributed by atoms with Crippen molar-refractivity contribution in [2.24, 2.45) is 0 Å². The maximum atomic E-state index is 10.1. The van der Waals surface area contributed by atoms with Gasteiger partial charge in [0.1, 0.15) is 0 Å². The number of amides is 1. The molecular weight excluding hydrogens is 256 g/mol. The average Bonchev–Trinajstić information content (AvgIpc) is 2.11. The highest BCUT2D eigenvalue weighted by Gasteiger charge is 2.12. The van der Waals surface area contributed by atoms with Gasteiger partial charge < -0.3 is 5.32 Å². The summed E-state index contributed by atoms with van der Waals surface area (Å²) in [6.07, 6.45) is 0.474. The molecule has 2 nitrogen and oxygen atoms in total. The lowest BCUT2D eigenvalue weighted by Crippen LogP contribution is -1.95. The Balaban J connectivity index is 3.31. The third-order valence-electron chi connectivity index (χ3n) is 1.32. The molecule has 6 heteroatoms. The molecule has 0 unspecified atom stereocenters. The molecule has 0 aliphatic rings. The second kappa shape index (κ2) is 4.38. The van der Waals surface area contributed by atoms with E-state index in [2.05, 4.69) is 5.32 Å². The lowest BCUT2D eigenvalue weighted by atomic mass is 10.3. The molecule has 0 aromatic heterocycles. The van der Waals surface area contributed by atoms with Crippen LogP contribution in [0.3, 0.4) is 0 Å². The molecule has 0 saturated heterocycles. The predicted octanol–water partition coefficient (Wildman–Crippen LogP) is 3.87. The smallest absolute Gasteiger partial charge is 0.211 e. The van der Waals surface area contributed by atoms with Crippen LogP contribution >= 0.6 is 46.4 Å². The first kappa shape index (κ1) is 10.9. The van der Waals surface area contributed by atoms with Crippen LogP contribution in [-0.4, -0.2) is 6.41 Å². The summed E-state index contributed by atoms with van der Waals surface area (Å²) < 4.78 is 0. The molecule has 0 bridgehead atoms. The van der Waals surface area contributed by atoms with E-state index in [1.165, 1.54) is 6.07 Å². The van der Waals surface area contributed by atoms with Crippen LogP contribution in [0.1, 0.15) is 0 Å². The minimum atomic E-state index is 0.125. The van der Waals surface area contributed by atoms with Crippen molar-refractivity contribution in [3.63, 3.8) is 0 Å². The van der Waals surface area contributed by atoms with Gasteiger partial charge in [0.2, 0.25) is 6.41 Å². The van der Waals surface area contributed by atoms with Gasteiger partial charge in [0.15, 0.2) is 0 Å². The molecule has 0 fully saturated rings. The second-order valence-corrected chi connectivity index (χ2v) is 3.65. The first-order valence-corrected chi connectivity index (χ1v) is 4.62. The van der Waals surface area contributed by atoms with Crippen LogP contribution in [0, 0.1) is 0 Å². The van der Waals surface area contributed by atoms with Crippen molar-refractivity contribution < 1.29 is 4.79 Å². The highest BCUT2D eigenvalue weighted by atomic mass is 35.5. The average molecular weight is 259 g/mol. The Bertz CT molecular complexity index is 353. The lowest BCUT2D eigenvalue weighted by Gasteiger charge is -2.06. The van der Waals surface area contributed by atoms with Crippen molar-refractivity contribution in [1.82, 2.24) is 0 Å². The molecule has 0 heterocycles. The molecule has 1 N–H and O–H groups in total. The van der Waals surface area contributed by atoms with Crippen LogP contribution in [0.15, 0.2) is 6.07 Å². The van der Waals surface area contributed by atoms with E-state index in [-0.39, 0.29) is 20.1 Å². The van der Waals surface area contributed by atoms with Crippen molar-refractivity contribution in [3.05, 3.63) is 26.2 Å². The van der Waals surface area contributed by atoms with Crippen molar-refractivity contribution in [3.8, 4) is 0 Å². The van der Waals surface area contributed by atoms with Gasteiger partial charge in [-0.2, -0.15) is 0 Å². The van der Waals surface area contributed by atoms with Gasteiger partial charge in [-0.3, -0.25) is 4.79 Å². The molecule has 0 saturated carbocycles. The Morgan fingerprint density at radius 3 is 2.23 bits per heavy atom. The standard InChI is InChI=1S/C7H3Cl4NO/c8-3-1-4(12-2-13)6(10)7(11)5(3)9/h1-2H,(H,12,13). The van der Waals surface area contributed by atoms with Gasteiger partial charge in [-0.1, -0.05) is 46.4 Å². The number of carbonyl (C=O) groups excluding carboxylic acids is 1. The molecule has 0 aliphatic heterocycles. The summed E-state index contributed by atoms with van der Waals surface area (Å²) in [5, 5.41) is 3.05. The van der Waals surface area contributed by atoms with E-state index < -0.39 is 0 Å². The summed E-state index contributed by atoms with van der Waals surface area (Å²) in [4.78, 5) is 10.1. The fourth-order valence-electron chi connectivity index (χ4n) is 0.741. The molecule has 13 heavy (non-hydrogen) atoms. The SMILES string of the molecule is O=CNc1cc(Cl)c(Cl)c(Cl)c1Cl. The van der Waals surface area contributed by atoms with E-state index >= 15 is 0 Å². The molecule has 70 valence electrons. The predicted molar refractivity (Wildman–Crippen MR) is 56.2 cm³/mol. The minimum absolute atomic E-state index is 0.125. The number of rotatable bonds is 2. The summed E-state index contributed by atoms with van der Waals surface area (Å²) in [6.45, 7) is 0. The van der Waals surface area contributed by atoms with Crippen LogP contribution in [0.5, 0.6) is 0 Å². The number of hydrogen-bond acceptors (Lipinski definition) is 1. The molecular formula is C7H3Cl4NO. The van der Waals surface area contributed by atoms with Gasteiger partial charge in [0.25, 0.3) is 0 Å². The van der Waals surface area contributed by atoms with E-state index in [1.807, 2.05) is 0 Å². The largest absolute Gasteiger partial charge is 0.327 e. The second-order valence-electron chi connectivity index (χ2n) is 2.11. The van der Waals surface area contributed by atoms with Crippen molar-refractivity contribution in [2.75, 3.05) is 5.32 Å². The van der Waals surface area contributed by atoms with Crippen LogP contribution in [0.4, 0.5) is 5.69 Å². The molecule has 1 amide bonds. The topological polar surface area (TPSA) is 29.1 Å². The molecule has 1 rings (SSSR count). The molecule has 0 spiro atoms. The van der Waals surface area contributed by atoms with E-state index in [0.717, 1.165) is 0 Å². The fraction of sp³-hybridized carbons (Fsp3) is 0. The number of anilines is 1. The summed E-state index contributed by atoms with van der Waals surface area (Å²) in [5.41, 5.74) is 0.330. The van der Waals surface area contributed by atoms with Gasteiger partial charge in [-0.25, -0.2) is 0 Å². The third kappa shape index (κ3) is 2.20. The van der Waals surface area contributed by atoms with Gasteiger partial charge in [-0.05, 0) is 6.07 Å². The Morgan fingerprint density at radius 1 is 1.08 bits per heavy atom. The summed E-state index contributed by atoms with van der Waals surface area (Å²) >= 11 is 22.9.